The number of carbonyl (C=O) groups is 1. The van der Waals surface area contributed by atoms with E-state index < -0.39 is 11.5 Å². The molecule has 0 bridgehead atoms. The monoisotopic (exact) mass is 249 g/mol. The number of hydrogen-bond acceptors (Lipinski definition) is 2. The number of nitrogens with one attached hydrogen (secondary N) is 1. The van der Waals surface area contributed by atoms with E-state index in [2.05, 4.69) is 26.1 Å². The van der Waals surface area contributed by atoms with Gasteiger partial charge in [0, 0.05) is 6.54 Å². The maximum Gasteiger partial charge on any atom is 0.323 e. The van der Waals surface area contributed by atoms with E-state index in [0.29, 0.717) is 13.0 Å². The first-order chi connectivity index (χ1) is 8.23. The molecule has 1 aromatic rings. The highest BCUT2D eigenvalue weighted by Crippen LogP contribution is 2.27. The van der Waals surface area contributed by atoms with Gasteiger partial charge in [-0.15, -0.1) is 0 Å². The molecule has 100 valence electrons. The lowest BCUT2D eigenvalue weighted by Crippen LogP contribution is -2.51. The summed E-state index contributed by atoms with van der Waals surface area (Å²) in [6.45, 7) is 8.48. The quantitative estimate of drug-likeness (QED) is 0.843. The van der Waals surface area contributed by atoms with Gasteiger partial charge in [0.2, 0.25) is 0 Å². The van der Waals surface area contributed by atoms with E-state index in [-0.39, 0.29) is 5.41 Å². The number of carboxylic acids is 1. The molecule has 0 spiro atoms. The molecule has 0 heterocycles. The molecular formula is C15H23NO2. The molecule has 3 nitrogen and oxygen atoms in total. The van der Waals surface area contributed by atoms with Crippen LogP contribution in [0.1, 0.15) is 39.7 Å². The number of rotatable bonds is 5. The first-order valence-corrected chi connectivity index (χ1v) is 6.25. The maximum atomic E-state index is 11.5. The summed E-state index contributed by atoms with van der Waals surface area (Å²) in [7, 11) is 0. The number of benzene rings is 1. The molecule has 0 saturated carbocycles. The van der Waals surface area contributed by atoms with Crippen molar-refractivity contribution < 1.29 is 9.90 Å². The average molecular weight is 249 g/mol. The highest BCUT2D eigenvalue weighted by molar-refractivity contribution is 5.78. The summed E-state index contributed by atoms with van der Waals surface area (Å²) in [5, 5.41) is 12.6. The van der Waals surface area contributed by atoms with Gasteiger partial charge in [0.05, 0.1) is 0 Å². The van der Waals surface area contributed by atoms with Crippen LogP contribution in [0.5, 0.6) is 0 Å². The third kappa shape index (κ3) is 4.49. The Morgan fingerprint density at radius 3 is 2.17 bits per heavy atom. The van der Waals surface area contributed by atoms with Crippen LogP contribution in [-0.4, -0.2) is 16.6 Å². The van der Waals surface area contributed by atoms with Gasteiger partial charge in [-0.1, -0.05) is 51.1 Å². The second-order valence-corrected chi connectivity index (χ2v) is 6.21. The molecule has 1 atom stereocenters. The van der Waals surface area contributed by atoms with E-state index in [1.807, 2.05) is 30.3 Å². The lowest BCUT2D eigenvalue weighted by molar-refractivity contribution is -0.145. The van der Waals surface area contributed by atoms with Crippen LogP contribution in [0.15, 0.2) is 30.3 Å². The predicted molar refractivity (Wildman–Crippen MR) is 73.4 cm³/mol. The highest BCUT2D eigenvalue weighted by atomic mass is 16.4. The Morgan fingerprint density at radius 1 is 1.17 bits per heavy atom. The van der Waals surface area contributed by atoms with Gasteiger partial charge in [-0.3, -0.25) is 10.1 Å². The van der Waals surface area contributed by atoms with Crippen LogP contribution in [0.3, 0.4) is 0 Å². The first-order valence-electron chi connectivity index (χ1n) is 6.25. The fraction of sp³-hybridized carbons (Fsp3) is 0.533. The van der Waals surface area contributed by atoms with Crippen molar-refractivity contribution >= 4 is 5.97 Å². The minimum absolute atomic E-state index is 0.0309. The summed E-state index contributed by atoms with van der Waals surface area (Å²) in [6.07, 6.45) is 0.585. The molecule has 2 N–H and O–H groups in total. The van der Waals surface area contributed by atoms with Gasteiger partial charge in [0.1, 0.15) is 5.54 Å². The molecule has 0 amide bonds. The lowest BCUT2D eigenvalue weighted by atomic mass is 9.80. The highest BCUT2D eigenvalue weighted by Gasteiger charge is 2.36. The molecule has 0 aliphatic rings. The largest absolute Gasteiger partial charge is 0.480 e. The Balaban J connectivity index is 2.72. The Kier molecular flexibility index (Phi) is 4.52. The summed E-state index contributed by atoms with van der Waals surface area (Å²) in [4.78, 5) is 11.5. The van der Waals surface area contributed by atoms with Crippen LogP contribution in [0, 0.1) is 5.41 Å². The normalized spacial score (nSPS) is 15.1. The molecule has 0 aromatic heterocycles. The van der Waals surface area contributed by atoms with Gasteiger partial charge in [0.15, 0.2) is 0 Å². The molecule has 1 aromatic carbocycles. The van der Waals surface area contributed by atoms with Crippen molar-refractivity contribution in [2.75, 3.05) is 0 Å². The molecule has 1 rings (SSSR count). The van der Waals surface area contributed by atoms with E-state index in [1.54, 1.807) is 6.92 Å². The zero-order valence-electron chi connectivity index (χ0n) is 11.7. The third-order valence-corrected chi connectivity index (χ3v) is 2.88. The van der Waals surface area contributed by atoms with E-state index >= 15 is 0 Å². The smallest absolute Gasteiger partial charge is 0.323 e. The van der Waals surface area contributed by atoms with Crippen LogP contribution in [0.4, 0.5) is 0 Å². The third-order valence-electron chi connectivity index (χ3n) is 2.88. The molecule has 0 saturated heterocycles. The summed E-state index contributed by atoms with van der Waals surface area (Å²) in [5.74, 6) is -0.798. The SMILES string of the molecule is CC(C)(C)CC(C)(NCc1ccccc1)C(=O)O. The van der Waals surface area contributed by atoms with Gasteiger partial charge >= 0.3 is 5.97 Å². The van der Waals surface area contributed by atoms with E-state index in [9.17, 15) is 9.90 Å². The second kappa shape index (κ2) is 5.53. The molecule has 1 unspecified atom stereocenters. The van der Waals surface area contributed by atoms with Crippen molar-refractivity contribution in [2.24, 2.45) is 5.41 Å². The van der Waals surface area contributed by atoms with Crippen LogP contribution in [0.2, 0.25) is 0 Å². The summed E-state index contributed by atoms with van der Waals surface area (Å²) < 4.78 is 0. The van der Waals surface area contributed by atoms with Gasteiger partial charge in [0.25, 0.3) is 0 Å². The van der Waals surface area contributed by atoms with Crippen LogP contribution < -0.4 is 5.32 Å². The van der Waals surface area contributed by atoms with Crippen LogP contribution in [0.25, 0.3) is 0 Å². The van der Waals surface area contributed by atoms with Gasteiger partial charge in [-0.2, -0.15) is 0 Å². The fourth-order valence-corrected chi connectivity index (χ4v) is 2.17. The van der Waals surface area contributed by atoms with Crippen molar-refractivity contribution in [3.63, 3.8) is 0 Å². The zero-order chi connectivity index (χ0) is 13.8. The molecule has 0 aliphatic carbocycles. The lowest BCUT2D eigenvalue weighted by Gasteiger charge is -2.33. The van der Waals surface area contributed by atoms with Crippen LogP contribution >= 0.6 is 0 Å². The maximum absolute atomic E-state index is 11.5. The Bertz CT molecular complexity index is 395. The number of carboxylic acid groups (broad SMARTS) is 1. The van der Waals surface area contributed by atoms with Gasteiger partial charge < -0.3 is 5.11 Å². The average Bonchev–Trinajstić information content (AvgIpc) is 2.25. The van der Waals surface area contributed by atoms with Gasteiger partial charge in [-0.25, -0.2) is 0 Å². The second-order valence-electron chi connectivity index (χ2n) is 6.21. The molecule has 0 radical (unpaired) electrons. The van der Waals surface area contributed by atoms with E-state index in [4.69, 9.17) is 0 Å². The number of hydrogen-bond donors (Lipinski definition) is 2. The molecule has 18 heavy (non-hydrogen) atoms. The minimum Gasteiger partial charge on any atom is -0.480 e. The van der Waals surface area contributed by atoms with Crippen molar-refractivity contribution in [1.82, 2.24) is 5.32 Å². The van der Waals surface area contributed by atoms with Crippen molar-refractivity contribution in [2.45, 2.75) is 46.2 Å². The Morgan fingerprint density at radius 2 is 1.72 bits per heavy atom. The summed E-state index contributed by atoms with van der Waals surface area (Å²) in [6, 6.07) is 9.85. The van der Waals surface area contributed by atoms with Crippen LogP contribution in [-0.2, 0) is 11.3 Å². The Labute approximate surface area is 109 Å². The molecule has 0 aliphatic heterocycles. The zero-order valence-corrected chi connectivity index (χ0v) is 11.7. The van der Waals surface area contributed by atoms with Crippen molar-refractivity contribution in [3.05, 3.63) is 35.9 Å². The summed E-state index contributed by atoms with van der Waals surface area (Å²) in [5.41, 5.74) is 0.171. The van der Waals surface area contributed by atoms with E-state index in [1.165, 1.54) is 0 Å². The summed E-state index contributed by atoms with van der Waals surface area (Å²) >= 11 is 0. The van der Waals surface area contributed by atoms with Crippen molar-refractivity contribution in [3.8, 4) is 0 Å². The van der Waals surface area contributed by atoms with E-state index in [0.717, 1.165) is 5.56 Å². The predicted octanol–water partition coefficient (Wildman–Crippen LogP) is 3.06. The van der Waals surface area contributed by atoms with Crippen molar-refractivity contribution in [1.29, 1.82) is 0 Å². The topological polar surface area (TPSA) is 49.3 Å². The molecule has 3 heteroatoms. The standard InChI is InChI=1S/C15H23NO2/c1-14(2,3)11-15(4,13(17)18)16-10-12-8-6-5-7-9-12/h5-9,16H,10-11H2,1-4H3,(H,17,18). The molecular weight excluding hydrogens is 226 g/mol. The molecule has 0 fully saturated rings. The first kappa shape index (κ1) is 14.7. The number of aliphatic carboxylic acids is 1. The van der Waals surface area contributed by atoms with Gasteiger partial charge in [-0.05, 0) is 24.3 Å². The minimum atomic E-state index is -0.895. The fourth-order valence-electron chi connectivity index (χ4n) is 2.17. The Hall–Kier alpha value is -1.35.